The molecule has 2 heteroatoms. The Balaban J connectivity index is 1.36. The third-order valence-electron chi connectivity index (χ3n) is 7.87. The molecule has 0 spiro atoms. The van der Waals surface area contributed by atoms with Crippen LogP contribution in [0.1, 0.15) is 17.5 Å². The van der Waals surface area contributed by atoms with Crippen molar-refractivity contribution in [2.24, 2.45) is 0 Å². The number of para-hydroxylation sites is 1. The van der Waals surface area contributed by atoms with E-state index in [-0.39, 0.29) is 0 Å². The second kappa shape index (κ2) is 9.19. The summed E-state index contributed by atoms with van der Waals surface area (Å²) in [5.74, 6) is 1.82. The second-order valence-electron chi connectivity index (χ2n) is 10.2. The highest BCUT2D eigenvalue weighted by atomic mass is 16.3. The Morgan fingerprint density at radius 3 is 2.15 bits per heavy atom. The molecule has 0 bridgehead atoms. The molecule has 5 aromatic carbocycles. The van der Waals surface area contributed by atoms with E-state index < -0.39 is 0 Å². The van der Waals surface area contributed by atoms with Crippen LogP contribution in [0.2, 0.25) is 0 Å². The van der Waals surface area contributed by atoms with Crippen molar-refractivity contribution in [2.45, 2.75) is 12.8 Å². The maximum Gasteiger partial charge on any atom is 0.152 e. The lowest BCUT2D eigenvalue weighted by atomic mass is 9.90. The van der Waals surface area contributed by atoms with E-state index in [0.717, 1.165) is 79.7 Å². The zero-order valence-electron chi connectivity index (χ0n) is 21.8. The minimum absolute atomic E-state index is 0.822. The molecule has 2 heterocycles. The van der Waals surface area contributed by atoms with Crippen LogP contribution in [0.5, 0.6) is 0 Å². The molecule has 0 atom stereocenters. The van der Waals surface area contributed by atoms with Crippen LogP contribution in [-0.4, -0.2) is 0 Å². The molecule has 2 aromatic heterocycles. The van der Waals surface area contributed by atoms with Crippen molar-refractivity contribution in [1.29, 1.82) is 0 Å². The molecule has 0 saturated carbocycles. The molecule has 188 valence electrons. The maximum atomic E-state index is 6.93. The van der Waals surface area contributed by atoms with E-state index in [4.69, 9.17) is 8.83 Å². The van der Waals surface area contributed by atoms with Crippen molar-refractivity contribution in [3.63, 3.8) is 0 Å². The van der Waals surface area contributed by atoms with Gasteiger partial charge in [-0.25, -0.2) is 0 Å². The second-order valence-corrected chi connectivity index (χ2v) is 10.2. The lowest BCUT2D eigenvalue weighted by molar-refractivity contribution is 0.594. The van der Waals surface area contributed by atoms with Gasteiger partial charge in [-0.1, -0.05) is 121 Å². The van der Waals surface area contributed by atoms with Gasteiger partial charge in [0.25, 0.3) is 0 Å². The van der Waals surface area contributed by atoms with Crippen LogP contribution < -0.4 is 0 Å². The van der Waals surface area contributed by atoms with E-state index in [1.807, 2.05) is 24.3 Å². The Kier molecular flexibility index (Phi) is 5.21. The zero-order chi connectivity index (χ0) is 26.5. The predicted octanol–water partition coefficient (Wildman–Crippen LogP) is 10.4. The van der Waals surface area contributed by atoms with Gasteiger partial charge >= 0.3 is 0 Å². The van der Waals surface area contributed by atoms with Crippen molar-refractivity contribution in [2.75, 3.05) is 0 Å². The molecule has 0 saturated heterocycles. The summed E-state index contributed by atoms with van der Waals surface area (Å²) in [5.41, 5.74) is 10.5. The number of fused-ring (bicyclic) bond motifs is 4. The first-order valence-electron chi connectivity index (χ1n) is 13.7. The number of furan rings is 2. The summed E-state index contributed by atoms with van der Waals surface area (Å²) in [5, 5.41) is 2.13. The molecule has 0 fully saturated rings. The molecular formula is C38H24O2. The normalized spacial score (nSPS) is 12.5. The number of hydrogen-bond donors (Lipinski definition) is 0. The maximum absolute atomic E-state index is 6.93. The van der Waals surface area contributed by atoms with Crippen molar-refractivity contribution in [1.82, 2.24) is 0 Å². The van der Waals surface area contributed by atoms with Crippen LogP contribution in [0.4, 0.5) is 0 Å². The third kappa shape index (κ3) is 3.52. The molecule has 40 heavy (non-hydrogen) atoms. The van der Waals surface area contributed by atoms with Gasteiger partial charge in [-0.3, -0.25) is 0 Å². The van der Waals surface area contributed by atoms with Crippen LogP contribution >= 0.6 is 0 Å². The smallest absolute Gasteiger partial charge is 0.152 e. The number of allylic oxidation sites excluding steroid dienone is 1. The molecule has 1 aliphatic carbocycles. The van der Waals surface area contributed by atoms with E-state index in [0.29, 0.717) is 0 Å². The van der Waals surface area contributed by atoms with Crippen molar-refractivity contribution >= 4 is 28.0 Å². The van der Waals surface area contributed by atoms with Gasteiger partial charge in [0.1, 0.15) is 17.1 Å². The van der Waals surface area contributed by atoms with E-state index >= 15 is 0 Å². The van der Waals surface area contributed by atoms with Gasteiger partial charge < -0.3 is 8.83 Å². The van der Waals surface area contributed by atoms with Gasteiger partial charge in [0.05, 0.1) is 5.56 Å². The van der Waals surface area contributed by atoms with Crippen molar-refractivity contribution in [3.05, 3.63) is 139 Å². The minimum Gasteiger partial charge on any atom is -0.455 e. The summed E-state index contributed by atoms with van der Waals surface area (Å²) >= 11 is 0. The summed E-state index contributed by atoms with van der Waals surface area (Å²) in [6, 6.07) is 44.2. The molecule has 0 unspecified atom stereocenters. The monoisotopic (exact) mass is 512 g/mol. The third-order valence-corrected chi connectivity index (χ3v) is 7.87. The highest BCUT2D eigenvalue weighted by Gasteiger charge is 2.26. The average molecular weight is 513 g/mol. The predicted molar refractivity (Wildman–Crippen MR) is 163 cm³/mol. The fourth-order valence-corrected chi connectivity index (χ4v) is 6.02. The summed E-state index contributed by atoms with van der Waals surface area (Å²) in [6.07, 6.45) is 6.39. The van der Waals surface area contributed by atoms with E-state index in [1.54, 1.807) is 0 Å². The summed E-state index contributed by atoms with van der Waals surface area (Å²) in [7, 11) is 0. The van der Waals surface area contributed by atoms with Crippen LogP contribution in [0, 0.1) is 12.1 Å². The Morgan fingerprint density at radius 2 is 1.30 bits per heavy atom. The first kappa shape index (κ1) is 22.7. The largest absolute Gasteiger partial charge is 0.455 e. The average Bonchev–Trinajstić information content (AvgIpc) is 3.61. The Labute approximate surface area is 232 Å². The van der Waals surface area contributed by atoms with Crippen LogP contribution in [0.3, 0.4) is 0 Å². The van der Waals surface area contributed by atoms with Gasteiger partial charge in [0.2, 0.25) is 0 Å². The van der Waals surface area contributed by atoms with Crippen LogP contribution in [-0.2, 0) is 6.42 Å². The minimum atomic E-state index is 0.822. The summed E-state index contributed by atoms with van der Waals surface area (Å²) < 4.78 is 13.3. The molecule has 0 amide bonds. The van der Waals surface area contributed by atoms with Gasteiger partial charge in [-0.05, 0) is 30.0 Å². The van der Waals surface area contributed by atoms with E-state index in [1.165, 1.54) is 11.1 Å². The van der Waals surface area contributed by atoms with Crippen molar-refractivity contribution in [3.8, 4) is 44.9 Å². The lowest BCUT2D eigenvalue weighted by Crippen LogP contribution is -1.94. The Hall–Kier alpha value is -5.26. The first-order valence-corrected chi connectivity index (χ1v) is 13.7. The summed E-state index contributed by atoms with van der Waals surface area (Å²) in [6.45, 7) is 0. The highest BCUT2D eigenvalue weighted by Crippen LogP contribution is 2.46. The first-order chi connectivity index (χ1) is 19.9. The SMILES string of the molecule is c1cc2c(oc3ccccc32)c(-c2ccccc2-c2oc(-c3ccccc3-c3ccccc3)c3c2CCC=C3)c#1. The topological polar surface area (TPSA) is 26.3 Å². The molecule has 1 aliphatic rings. The quantitative estimate of drug-likeness (QED) is 0.234. The number of hydrogen-bond acceptors (Lipinski definition) is 2. The Morgan fingerprint density at radius 1 is 0.600 bits per heavy atom. The van der Waals surface area contributed by atoms with Gasteiger partial charge in [-0.15, -0.1) is 0 Å². The van der Waals surface area contributed by atoms with Crippen LogP contribution in [0.25, 0.3) is 72.9 Å². The molecule has 7 aromatic rings. The number of rotatable bonds is 4. The molecule has 0 radical (unpaired) electrons. The number of benzene rings is 4. The van der Waals surface area contributed by atoms with Crippen molar-refractivity contribution < 1.29 is 8.83 Å². The van der Waals surface area contributed by atoms with Gasteiger partial charge in [-0.2, -0.15) is 0 Å². The van der Waals surface area contributed by atoms with Gasteiger partial charge in [0.15, 0.2) is 5.58 Å². The molecule has 8 rings (SSSR count). The highest BCUT2D eigenvalue weighted by molar-refractivity contribution is 6.10. The fraction of sp³-hybridized carbons (Fsp3) is 0.0526. The Bertz CT molecular complexity index is 2050. The fourth-order valence-electron chi connectivity index (χ4n) is 6.02. The van der Waals surface area contributed by atoms with E-state index in [2.05, 4.69) is 109 Å². The van der Waals surface area contributed by atoms with E-state index in [9.17, 15) is 0 Å². The summed E-state index contributed by atoms with van der Waals surface area (Å²) in [4.78, 5) is 0. The zero-order valence-corrected chi connectivity index (χ0v) is 21.8. The molecule has 0 N–H and O–H groups in total. The standard InChI is InChI=1S/C38H24O2/c1-2-13-25(14-3-1)26-15-4-6-18-29(26)37-33-20-8-9-21-34(33)38(40-37)30-19-7-5-16-27(30)31-22-12-23-32-28-17-10-11-24-35(28)39-36(31)32/h1-8,10-11,13-20,23-24H,9,21H2. The molecule has 2 nitrogen and oxygen atoms in total. The lowest BCUT2D eigenvalue weighted by Gasteiger charge is -2.11. The molecule has 0 aliphatic heterocycles. The molecular weight excluding hydrogens is 488 g/mol. The van der Waals surface area contributed by atoms with Crippen LogP contribution in [0.15, 0.2) is 124 Å². The van der Waals surface area contributed by atoms with Gasteiger partial charge in [0, 0.05) is 44.7 Å².